The Labute approximate surface area is 173 Å². The van der Waals surface area contributed by atoms with Gasteiger partial charge in [-0.05, 0) is 31.9 Å². The monoisotopic (exact) mass is 405 g/mol. The van der Waals surface area contributed by atoms with Crippen LogP contribution >= 0.6 is 0 Å². The van der Waals surface area contributed by atoms with Gasteiger partial charge in [0, 0.05) is 42.8 Å². The Morgan fingerprint density at radius 2 is 1.93 bits per heavy atom. The second kappa shape index (κ2) is 7.03. The second-order valence-corrected chi connectivity index (χ2v) is 7.96. The number of ether oxygens (including phenoxy) is 2. The molecule has 0 saturated carbocycles. The molecule has 2 fully saturated rings. The summed E-state index contributed by atoms with van der Waals surface area (Å²) in [5.41, 5.74) is 4.90. The third-order valence-corrected chi connectivity index (χ3v) is 5.98. The lowest BCUT2D eigenvalue weighted by molar-refractivity contribution is 0.0207. The van der Waals surface area contributed by atoms with E-state index in [1.807, 2.05) is 23.1 Å². The molecule has 0 radical (unpaired) electrons. The van der Waals surface area contributed by atoms with Crippen LogP contribution in [-0.2, 0) is 9.47 Å². The third kappa shape index (κ3) is 2.93. The van der Waals surface area contributed by atoms with Crippen LogP contribution in [0.25, 0.3) is 27.8 Å². The number of aryl methyl sites for hydroxylation is 1. The van der Waals surface area contributed by atoms with Crippen molar-refractivity contribution in [2.45, 2.75) is 31.8 Å². The Morgan fingerprint density at radius 1 is 1.07 bits per heavy atom. The summed E-state index contributed by atoms with van der Waals surface area (Å²) in [4.78, 5) is 13.8. The van der Waals surface area contributed by atoms with Gasteiger partial charge in [-0.2, -0.15) is 0 Å². The predicted molar refractivity (Wildman–Crippen MR) is 112 cm³/mol. The summed E-state index contributed by atoms with van der Waals surface area (Å²) in [5.74, 6) is 1.61. The first kappa shape index (κ1) is 17.8. The maximum Gasteiger partial charge on any atom is 0.241 e. The Kier molecular flexibility index (Phi) is 4.17. The van der Waals surface area contributed by atoms with Gasteiger partial charge in [0.25, 0.3) is 0 Å². The summed E-state index contributed by atoms with van der Waals surface area (Å²) in [6.45, 7) is 5.04. The van der Waals surface area contributed by atoms with Gasteiger partial charge in [0.2, 0.25) is 5.95 Å². The molecule has 9 heteroatoms. The highest BCUT2D eigenvalue weighted by atomic mass is 16.5. The van der Waals surface area contributed by atoms with Crippen molar-refractivity contribution >= 4 is 22.6 Å². The first-order valence-electron chi connectivity index (χ1n) is 10.4. The molecular weight excluding hydrogens is 382 g/mol. The second-order valence-electron chi connectivity index (χ2n) is 7.96. The summed E-state index contributed by atoms with van der Waals surface area (Å²) in [6, 6.07) is 4.94. The van der Waals surface area contributed by atoms with E-state index in [1.165, 1.54) is 0 Å². The average molecular weight is 405 g/mol. The normalized spacial score (nSPS) is 18.2. The number of fused-ring (bicyclic) bond motifs is 2. The van der Waals surface area contributed by atoms with E-state index in [4.69, 9.17) is 9.47 Å². The molecule has 0 aliphatic carbocycles. The van der Waals surface area contributed by atoms with E-state index in [0.717, 1.165) is 59.7 Å². The Bertz CT molecular complexity index is 1220. The molecule has 0 unspecified atom stereocenters. The molecule has 0 atom stereocenters. The third-order valence-electron chi connectivity index (χ3n) is 5.98. The minimum Gasteiger partial charge on any atom is -0.381 e. The number of pyridine rings is 1. The SMILES string of the molecule is Cc1nc2ncc(-c3ccn4nc(NC5COC5)ncc34)cc2n1C1CCOCC1. The van der Waals surface area contributed by atoms with Crippen LogP contribution in [0.1, 0.15) is 24.7 Å². The molecule has 0 aromatic carbocycles. The Balaban J connectivity index is 1.39. The number of imidazole rings is 1. The van der Waals surface area contributed by atoms with Crippen LogP contribution in [-0.4, -0.2) is 61.6 Å². The number of nitrogens with one attached hydrogen (secondary N) is 1. The number of nitrogens with zero attached hydrogens (tertiary/aromatic N) is 6. The van der Waals surface area contributed by atoms with E-state index in [-0.39, 0.29) is 6.04 Å². The summed E-state index contributed by atoms with van der Waals surface area (Å²) in [7, 11) is 0. The topological polar surface area (TPSA) is 91.4 Å². The van der Waals surface area contributed by atoms with Crippen molar-refractivity contribution in [2.75, 3.05) is 31.7 Å². The highest BCUT2D eigenvalue weighted by Gasteiger charge is 2.22. The predicted octanol–water partition coefficient (Wildman–Crippen LogP) is 2.61. The van der Waals surface area contributed by atoms with Crippen molar-refractivity contribution in [1.82, 2.24) is 29.1 Å². The average Bonchev–Trinajstić information content (AvgIpc) is 3.30. The maximum absolute atomic E-state index is 5.55. The van der Waals surface area contributed by atoms with Crippen LogP contribution in [0.5, 0.6) is 0 Å². The van der Waals surface area contributed by atoms with Crippen LogP contribution in [0, 0.1) is 6.92 Å². The van der Waals surface area contributed by atoms with Crippen LogP contribution in [0.4, 0.5) is 5.95 Å². The molecule has 4 aromatic rings. The van der Waals surface area contributed by atoms with Gasteiger partial charge in [-0.1, -0.05) is 0 Å². The van der Waals surface area contributed by atoms with E-state index in [2.05, 4.69) is 49.0 Å². The maximum atomic E-state index is 5.55. The summed E-state index contributed by atoms with van der Waals surface area (Å²) in [5, 5.41) is 7.88. The molecule has 2 saturated heterocycles. The molecule has 0 amide bonds. The van der Waals surface area contributed by atoms with Crippen molar-refractivity contribution in [3.63, 3.8) is 0 Å². The Hall–Kier alpha value is -3.04. The minimum absolute atomic E-state index is 0.290. The quantitative estimate of drug-likeness (QED) is 0.558. The van der Waals surface area contributed by atoms with E-state index >= 15 is 0 Å². The van der Waals surface area contributed by atoms with Crippen molar-refractivity contribution in [3.8, 4) is 11.1 Å². The molecular formula is C21H23N7O2. The first-order chi connectivity index (χ1) is 14.8. The lowest BCUT2D eigenvalue weighted by Gasteiger charge is -2.26. The summed E-state index contributed by atoms with van der Waals surface area (Å²) < 4.78 is 14.9. The smallest absolute Gasteiger partial charge is 0.241 e. The van der Waals surface area contributed by atoms with Crippen LogP contribution in [0.2, 0.25) is 0 Å². The minimum atomic E-state index is 0.290. The van der Waals surface area contributed by atoms with Crippen LogP contribution in [0.3, 0.4) is 0 Å². The first-order valence-corrected chi connectivity index (χ1v) is 10.4. The number of anilines is 1. The van der Waals surface area contributed by atoms with E-state index in [0.29, 0.717) is 25.2 Å². The van der Waals surface area contributed by atoms with Gasteiger partial charge in [0.05, 0.1) is 36.5 Å². The highest BCUT2D eigenvalue weighted by Crippen LogP contribution is 2.31. The fourth-order valence-electron chi connectivity index (χ4n) is 4.35. The number of hydrogen-bond donors (Lipinski definition) is 1. The van der Waals surface area contributed by atoms with Crippen LogP contribution in [0.15, 0.2) is 30.7 Å². The molecule has 30 heavy (non-hydrogen) atoms. The lowest BCUT2D eigenvalue weighted by atomic mass is 10.1. The molecule has 154 valence electrons. The van der Waals surface area contributed by atoms with E-state index in [1.54, 1.807) is 0 Å². The van der Waals surface area contributed by atoms with E-state index in [9.17, 15) is 0 Å². The van der Waals surface area contributed by atoms with Crippen molar-refractivity contribution in [3.05, 3.63) is 36.5 Å². The van der Waals surface area contributed by atoms with E-state index < -0.39 is 0 Å². The summed E-state index contributed by atoms with van der Waals surface area (Å²) >= 11 is 0. The summed E-state index contributed by atoms with van der Waals surface area (Å²) in [6.07, 6.45) is 7.70. The van der Waals surface area contributed by atoms with Crippen molar-refractivity contribution < 1.29 is 9.47 Å². The zero-order chi connectivity index (χ0) is 20.1. The zero-order valence-electron chi connectivity index (χ0n) is 16.8. The number of aromatic nitrogens is 6. The molecule has 9 nitrogen and oxygen atoms in total. The number of hydrogen-bond acceptors (Lipinski definition) is 7. The van der Waals surface area contributed by atoms with Gasteiger partial charge < -0.3 is 19.4 Å². The fourth-order valence-corrected chi connectivity index (χ4v) is 4.35. The molecule has 6 heterocycles. The van der Waals surface area contributed by atoms with Gasteiger partial charge in [-0.3, -0.25) is 0 Å². The molecule has 0 spiro atoms. The molecule has 0 bridgehead atoms. The molecule has 4 aromatic heterocycles. The van der Waals surface area contributed by atoms with Gasteiger partial charge in [-0.15, -0.1) is 5.10 Å². The van der Waals surface area contributed by atoms with Gasteiger partial charge in [-0.25, -0.2) is 19.5 Å². The molecule has 6 rings (SSSR count). The molecule has 2 aliphatic heterocycles. The van der Waals surface area contributed by atoms with Gasteiger partial charge >= 0.3 is 0 Å². The fraction of sp³-hybridized carbons (Fsp3) is 0.429. The largest absolute Gasteiger partial charge is 0.381 e. The van der Waals surface area contributed by atoms with Crippen molar-refractivity contribution in [2.24, 2.45) is 0 Å². The highest BCUT2D eigenvalue weighted by molar-refractivity contribution is 5.85. The molecule has 2 aliphatic rings. The standard InChI is InChI=1S/C21H23N7O2/c1-13-24-20-18(28(13)16-3-6-29-7-4-16)8-14(9-22-20)17-2-5-27-19(17)10-23-21(26-27)25-15-11-30-12-15/h2,5,8-10,15-16H,3-4,6-7,11-12H2,1H3,(H,25,26). The van der Waals surface area contributed by atoms with Crippen molar-refractivity contribution in [1.29, 1.82) is 0 Å². The van der Waals surface area contributed by atoms with Gasteiger partial charge in [0.1, 0.15) is 5.82 Å². The van der Waals surface area contributed by atoms with Crippen LogP contribution < -0.4 is 5.32 Å². The Morgan fingerprint density at radius 3 is 2.73 bits per heavy atom. The zero-order valence-corrected chi connectivity index (χ0v) is 16.8. The molecule has 1 N–H and O–H groups in total. The lowest BCUT2D eigenvalue weighted by Crippen LogP contribution is -2.40. The number of rotatable bonds is 4. The van der Waals surface area contributed by atoms with Gasteiger partial charge in [0.15, 0.2) is 5.65 Å².